The number of anilines is 2. The molecule has 1 aliphatic carbocycles. The Labute approximate surface area is 200 Å². The molecule has 2 aromatic carbocycles. The van der Waals surface area contributed by atoms with Crippen LogP contribution >= 0.6 is 0 Å². The lowest BCUT2D eigenvalue weighted by atomic mass is 9.62. The van der Waals surface area contributed by atoms with Gasteiger partial charge in [-0.05, 0) is 74.6 Å². The summed E-state index contributed by atoms with van der Waals surface area (Å²) in [5.41, 5.74) is 8.18. The van der Waals surface area contributed by atoms with Gasteiger partial charge in [-0.2, -0.15) is 0 Å². The standard InChI is InChI=1S/C28H34N2O4/c31-25-17-7-3-11-29-9-1-5-15(23(17)29)13-19(25)21-27(33)22(28(21)34)20-14-16-6-2-10-30-12-4-8-18(24(16)30)26(20)32/h13-14,21-22,27-28,31-34H,1-12H2. The highest BCUT2D eigenvalue weighted by Gasteiger charge is 2.53. The largest absolute Gasteiger partial charge is 0.507 e. The highest BCUT2D eigenvalue weighted by atomic mass is 16.3. The second-order valence-electron chi connectivity index (χ2n) is 11.0. The molecule has 0 spiro atoms. The average molecular weight is 463 g/mol. The van der Waals surface area contributed by atoms with Crippen molar-refractivity contribution in [3.63, 3.8) is 0 Å². The van der Waals surface area contributed by atoms with Crippen LogP contribution in [-0.2, 0) is 25.7 Å². The number of benzene rings is 2. The third kappa shape index (κ3) is 2.75. The van der Waals surface area contributed by atoms with E-state index in [1.807, 2.05) is 12.1 Å². The molecule has 0 amide bonds. The molecule has 5 aliphatic rings. The topological polar surface area (TPSA) is 87.4 Å². The molecule has 6 heteroatoms. The molecule has 0 aromatic heterocycles. The molecule has 0 bridgehead atoms. The monoisotopic (exact) mass is 462 g/mol. The van der Waals surface area contributed by atoms with Crippen LogP contribution in [0.4, 0.5) is 11.4 Å². The predicted octanol–water partition coefficient (Wildman–Crippen LogP) is 3.10. The van der Waals surface area contributed by atoms with Gasteiger partial charge >= 0.3 is 0 Å². The Hall–Kier alpha value is -2.44. The van der Waals surface area contributed by atoms with Crippen molar-refractivity contribution in [3.8, 4) is 11.5 Å². The fraction of sp³-hybridized carbons (Fsp3) is 0.571. The van der Waals surface area contributed by atoms with Gasteiger partial charge in [-0.15, -0.1) is 0 Å². The Kier molecular flexibility index (Phi) is 4.63. The molecule has 0 radical (unpaired) electrons. The van der Waals surface area contributed by atoms with E-state index in [1.54, 1.807) is 0 Å². The van der Waals surface area contributed by atoms with E-state index in [0.717, 1.165) is 88.7 Å². The smallest absolute Gasteiger partial charge is 0.124 e. The van der Waals surface area contributed by atoms with Crippen molar-refractivity contribution < 1.29 is 20.4 Å². The maximum atomic E-state index is 11.4. The van der Waals surface area contributed by atoms with Crippen LogP contribution in [-0.4, -0.2) is 58.8 Å². The van der Waals surface area contributed by atoms with Crippen molar-refractivity contribution in [1.29, 1.82) is 0 Å². The zero-order valence-corrected chi connectivity index (χ0v) is 19.6. The number of rotatable bonds is 2. The summed E-state index contributed by atoms with van der Waals surface area (Å²) >= 11 is 0. The van der Waals surface area contributed by atoms with Gasteiger partial charge in [0.1, 0.15) is 11.5 Å². The molecule has 4 aliphatic heterocycles. The lowest BCUT2D eigenvalue weighted by Crippen LogP contribution is -2.52. The van der Waals surface area contributed by atoms with Gasteiger partial charge in [-0.25, -0.2) is 0 Å². The third-order valence-corrected chi connectivity index (χ3v) is 9.24. The van der Waals surface area contributed by atoms with Gasteiger partial charge in [0, 0.05) is 71.6 Å². The molecule has 4 N–H and O–H groups in total. The molecule has 0 saturated heterocycles. The van der Waals surface area contributed by atoms with E-state index >= 15 is 0 Å². The zero-order chi connectivity index (χ0) is 23.1. The van der Waals surface area contributed by atoms with E-state index in [0.29, 0.717) is 11.1 Å². The number of hydrogen-bond donors (Lipinski definition) is 4. The average Bonchev–Trinajstić information content (AvgIpc) is 2.85. The van der Waals surface area contributed by atoms with Crippen LogP contribution in [0, 0.1) is 0 Å². The highest BCUT2D eigenvalue weighted by Crippen LogP contribution is 2.56. The van der Waals surface area contributed by atoms with Crippen molar-refractivity contribution >= 4 is 11.4 Å². The first-order chi connectivity index (χ1) is 16.5. The lowest BCUT2D eigenvalue weighted by Gasteiger charge is -2.49. The van der Waals surface area contributed by atoms with Crippen LogP contribution < -0.4 is 9.80 Å². The quantitative estimate of drug-likeness (QED) is 0.549. The number of hydrogen-bond acceptors (Lipinski definition) is 6. The summed E-state index contributed by atoms with van der Waals surface area (Å²) in [4.78, 5) is 4.77. The number of phenolic OH excluding ortho intramolecular Hbond substituents is 2. The van der Waals surface area contributed by atoms with Gasteiger partial charge in [-0.1, -0.05) is 0 Å². The Bertz CT molecular complexity index is 1070. The molecule has 4 heterocycles. The highest BCUT2D eigenvalue weighted by molar-refractivity contribution is 5.72. The predicted molar refractivity (Wildman–Crippen MR) is 131 cm³/mol. The van der Waals surface area contributed by atoms with Gasteiger partial charge in [-0.3, -0.25) is 0 Å². The molecular formula is C28H34N2O4. The summed E-state index contributed by atoms with van der Waals surface area (Å²) in [5, 5.41) is 45.2. The first-order valence-corrected chi connectivity index (χ1v) is 13.2. The van der Waals surface area contributed by atoms with Gasteiger partial charge in [0.2, 0.25) is 0 Å². The Morgan fingerprint density at radius 1 is 0.588 bits per heavy atom. The molecule has 0 atom stereocenters. The van der Waals surface area contributed by atoms with Crippen molar-refractivity contribution in [3.05, 3.63) is 45.5 Å². The van der Waals surface area contributed by atoms with Crippen LogP contribution in [0.15, 0.2) is 12.1 Å². The van der Waals surface area contributed by atoms with E-state index in [1.165, 1.54) is 22.5 Å². The van der Waals surface area contributed by atoms with E-state index in [2.05, 4.69) is 9.80 Å². The number of nitrogens with zero attached hydrogens (tertiary/aromatic N) is 2. The van der Waals surface area contributed by atoms with E-state index < -0.39 is 24.0 Å². The van der Waals surface area contributed by atoms with Crippen molar-refractivity contribution in [2.24, 2.45) is 0 Å². The normalized spacial score (nSPS) is 29.4. The minimum absolute atomic E-state index is 0.257. The summed E-state index contributed by atoms with van der Waals surface area (Å²) in [6, 6.07) is 4.07. The fourth-order valence-electron chi connectivity index (χ4n) is 7.69. The first kappa shape index (κ1) is 20.9. The summed E-state index contributed by atoms with van der Waals surface area (Å²) in [5.74, 6) is -0.557. The van der Waals surface area contributed by atoms with E-state index in [-0.39, 0.29) is 11.5 Å². The first-order valence-electron chi connectivity index (χ1n) is 13.2. The molecule has 2 aromatic rings. The molecule has 0 unspecified atom stereocenters. The van der Waals surface area contributed by atoms with Crippen LogP contribution in [0.2, 0.25) is 0 Å². The molecule has 1 saturated carbocycles. The summed E-state index contributed by atoms with van der Waals surface area (Å²) in [6.45, 7) is 4.14. The number of aromatic hydroxyl groups is 2. The lowest BCUT2D eigenvalue weighted by molar-refractivity contribution is -0.0798. The minimum atomic E-state index is -0.839. The number of aryl methyl sites for hydroxylation is 2. The maximum absolute atomic E-state index is 11.4. The molecule has 7 rings (SSSR count). The van der Waals surface area contributed by atoms with E-state index in [9.17, 15) is 20.4 Å². The van der Waals surface area contributed by atoms with Gasteiger partial charge in [0.15, 0.2) is 0 Å². The maximum Gasteiger partial charge on any atom is 0.124 e. The Morgan fingerprint density at radius 3 is 1.38 bits per heavy atom. The molecule has 6 nitrogen and oxygen atoms in total. The second-order valence-corrected chi connectivity index (χ2v) is 11.0. The van der Waals surface area contributed by atoms with Gasteiger partial charge < -0.3 is 30.2 Å². The second kappa shape index (κ2) is 7.53. The van der Waals surface area contributed by atoms with E-state index in [4.69, 9.17) is 0 Å². The number of phenols is 2. The van der Waals surface area contributed by atoms with Gasteiger partial charge in [0.25, 0.3) is 0 Å². The van der Waals surface area contributed by atoms with Crippen LogP contribution in [0.1, 0.15) is 70.9 Å². The van der Waals surface area contributed by atoms with Crippen molar-refractivity contribution in [2.75, 3.05) is 36.0 Å². The molecule has 180 valence electrons. The zero-order valence-electron chi connectivity index (χ0n) is 19.6. The van der Waals surface area contributed by atoms with Gasteiger partial charge in [0.05, 0.1) is 12.2 Å². The molecular weight excluding hydrogens is 428 g/mol. The molecule has 1 fully saturated rings. The number of aliphatic hydroxyl groups is 2. The number of aliphatic hydroxyl groups excluding tert-OH is 2. The van der Waals surface area contributed by atoms with Crippen LogP contribution in [0.25, 0.3) is 0 Å². The van der Waals surface area contributed by atoms with Crippen molar-refractivity contribution in [2.45, 2.75) is 75.4 Å². The Balaban J connectivity index is 1.27. The SMILES string of the molecule is Oc1c(C2C(O)C(c3cc4c5c(c3O)CCCN5CCC4)C2O)cc2c3c1CCCN3CCC2. The van der Waals surface area contributed by atoms with Crippen molar-refractivity contribution in [1.82, 2.24) is 0 Å². The van der Waals surface area contributed by atoms with Crippen LogP contribution in [0.3, 0.4) is 0 Å². The minimum Gasteiger partial charge on any atom is -0.507 e. The van der Waals surface area contributed by atoms with Crippen LogP contribution in [0.5, 0.6) is 11.5 Å². The fourth-order valence-corrected chi connectivity index (χ4v) is 7.69. The summed E-state index contributed by atoms with van der Waals surface area (Å²) in [7, 11) is 0. The summed E-state index contributed by atoms with van der Waals surface area (Å²) < 4.78 is 0. The summed E-state index contributed by atoms with van der Waals surface area (Å²) in [6.07, 6.45) is 6.17. The Morgan fingerprint density at radius 2 is 0.971 bits per heavy atom. The third-order valence-electron chi connectivity index (χ3n) is 9.24. The molecule has 34 heavy (non-hydrogen) atoms.